The zero-order valence-corrected chi connectivity index (χ0v) is 9.41. The third-order valence-corrected chi connectivity index (χ3v) is 3.24. The molecule has 0 aliphatic carbocycles. The van der Waals surface area contributed by atoms with Gasteiger partial charge in [-0.05, 0) is 22.1 Å². The Labute approximate surface area is 87.8 Å². The molecule has 0 aromatic carbocycles. The van der Waals surface area contributed by atoms with E-state index in [0.717, 1.165) is 18.7 Å². The maximum atomic E-state index is 4.17. The summed E-state index contributed by atoms with van der Waals surface area (Å²) in [7, 11) is 8.84. The van der Waals surface area contributed by atoms with Gasteiger partial charge in [0, 0.05) is 5.34 Å². The minimum Gasteiger partial charge on any atom is -0.241 e. The minimum atomic E-state index is 0.0621. The number of rotatable bonds is 0. The van der Waals surface area contributed by atoms with Gasteiger partial charge in [0.05, 0.1) is 0 Å². The number of tetrazole rings is 1. The Kier molecular flexibility index (Phi) is 2.05. The molecule has 0 bridgehead atoms. The lowest BCUT2D eigenvalue weighted by Gasteiger charge is -2.25. The molecule has 1 aliphatic rings. The van der Waals surface area contributed by atoms with Gasteiger partial charge in [-0.1, -0.05) is 12.8 Å². The standard InChI is InChI=1S/C6H14B4N4/c7-5(8)2-1-3-6(9,10)14-4(5)11-12-13-14/h1-3,7-10H2. The molecule has 4 nitrogen and oxygen atoms in total. The van der Waals surface area contributed by atoms with Crippen LogP contribution in [0, 0.1) is 0 Å². The van der Waals surface area contributed by atoms with E-state index in [0.29, 0.717) is 0 Å². The minimum absolute atomic E-state index is 0.0621. The van der Waals surface area contributed by atoms with Crippen molar-refractivity contribution in [2.24, 2.45) is 0 Å². The highest BCUT2D eigenvalue weighted by atomic mass is 15.6. The first kappa shape index (κ1) is 9.87. The van der Waals surface area contributed by atoms with Crippen LogP contribution in [0.15, 0.2) is 0 Å². The van der Waals surface area contributed by atoms with Crippen LogP contribution < -0.4 is 0 Å². The lowest BCUT2D eigenvalue weighted by Crippen LogP contribution is -2.39. The lowest BCUT2D eigenvalue weighted by molar-refractivity contribution is 0.477. The van der Waals surface area contributed by atoms with E-state index in [1.165, 1.54) is 6.42 Å². The molecule has 1 aromatic rings. The summed E-state index contributed by atoms with van der Waals surface area (Å²) in [5.74, 6) is 1.03. The quantitative estimate of drug-likeness (QED) is 0.389. The third-order valence-electron chi connectivity index (χ3n) is 3.24. The smallest absolute Gasteiger partial charge is 0.140 e. The highest BCUT2D eigenvalue weighted by molar-refractivity contribution is 6.40. The van der Waals surface area contributed by atoms with Crippen LogP contribution in [-0.2, 0) is 10.6 Å². The van der Waals surface area contributed by atoms with E-state index in [2.05, 4.69) is 46.9 Å². The Balaban J connectivity index is 2.55. The van der Waals surface area contributed by atoms with Crippen molar-refractivity contribution >= 4 is 31.4 Å². The van der Waals surface area contributed by atoms with Crippen LogP contribution in [0.1, 0.15) is 25.1 Å². The molecule has 1 aromatic heterocycles. The molecule has 0 spiro atoms. The van der Waals surface area contributed by atoms with Crippen LogP contribution in [0.3, 0.4) is 0 Å². The summed E-state index contributed by atoms with van der Waals surface area (Å²) in [6, 6.07) is 0. The normalized spacial score (nSPS) is 23.7. The summed E-state index contributed by atoms with van der Waals surface area (Å²) in [6.45, 7) is 0. The van der Waals surface area contributed by atoms with E-state index in [-0.39, 0.29) is 10.6 Å². The Hall–Kier alpha value is -0.670. The summed E-state index contributed by atoms with van der Waals surface area (Å²) >= 11 is 0. The van der Waals surface area contributed by atoms with Crippen molar-refractivity contribution in [1.82, 2.24) is 20.2 Å². The van der Waals surface area contributed by atoms with Gasteiger partial charge in [0.2, 0.25) is 0 Å². The molecule has 0 saturated carbocycles. The topological polar surface area (TPSA) is 43.6 Å². The Morgan fingerprint density at radius 1 is 1.14 bits per heavy atom. The summed E-state index contributed by atoms with van der Waals surface area (Å²) in [5.41, 5.74) is 0. The van der Waals surface area contributed by atoms with Crippen molar-refractivity contribution in [1.29, 1.82) is 0 Å². The average Bonchev–Trinajstić information content (AvgIpc) is 2.48. The summed E-state index contributed by atoms with van der Waals surface area (Å²) in [5, 5.41) is 12.3. The second kappa shape index (κ2) is 2.91. The van der Waals surface area contributed by atoms with Gasteiger partial charge in [0.15, 0.2) is 0 Å². The molecule has 0 radical (unpaired) electrons. The van der Waals surface area contributed by atoms with E-state index in [9.17, 15) is 0 Å². The average molecular weight is 185 g/mol. The predicted octanol–water partition coefficient (Wildman–Crippen LogP) is -3.85. The zero-order chi connectivity index (χ0) is 10.4. The molecule has 0 unspecified atom stereocenters. The molecule has 0 saturated heterocycles. The van der Waals surface area contributed by atoms with Gasteiger partial charge in [-0.25, -0.2) is 4.68 Å². The van der Waals surface area contributed by atoms with Gasteiger partial charge >= 0.3 is 0 Å². The molecule has 2 heterocycles. The Morgan fingerprint density at radius 3 is 2.57 bits per heavy atom. The number of nitrogens with zero attached hydrogens (tertiary/aromatic N) is 4. The number of fused-ring (bicyclic) bond motifs is 1. The van der Waals surface area contributed by atoms with Gasteiger partial charge in [-0.3, -0.25) is 0 Å². The Morgan fingerprint density at radius 2 is 1.86 bits per heavy atom. The number of hydrogen-bond donors (Lipinski definition) is 0. The SMILES string of the molecule is BC1(B)CCCC(B)(B)n2nnnc21. The summed E-state index contributed by atoms with van der Waals surface area (Å²) < 4.78 is 2.00. The molecular weight excluding hydrogens is 171 g/mol. The van der Waals surface area contributed by atoms with E-state index in [1.54, 1.807) is 0 Å². The van der Waals surface area contributed by atoms with Crippen molar-refractivity contribution in [3.05, 3.63) is 5.82 Å². The lowest BCUT2D eigenvalue weighted by atomic mass is 9.52. The van der Waals surface area contributed by atoms with Crippen molar-refractivity contribution < 1.29 is 0 Å². The maximum absolute atomic E-state index is 4.17. The third kappa shape index (κ3) is 1.41. The van der Waals surface area contributed by atoms with Gasteiger partial charge in [-0.2, -0.15) is 0 Å². The van der Waals surface area contributed by atoms with Crippen LogP contribution >= 0.6 is 0 Å². The molecule has 0 amide bonds. The fraction of sp³-hybridized carbons (Fsp3) is 0.833. The van der Waals surface area contributed by atoms with Gasteiger partial charge in [0.25, 0.3) is 0 Å². The van der Waals surface area contributed by atoms with Gasteiger partial charge in [0.1, 0.15) is 37.2 Å². The second-order valence-corrected chi connectivity index (χ2v) is 5.46. The van der Waals surface area contributed by atoms with Crippen molar-refractivity contribution in [2.75, 3.05) is 0 Å². The Bertz CT molecular complexity index is 317. The highest BCUT2D eigenvalue weighted by Crippen LogP contribution is 2.30. The van der Waals surface area contributed by atoms with Crippen molar-refractivity contribution in [3.63, 3.8) is 0 Å². The van der Waals surface area contributed by atoms with Crippen LogP contribution in [-0.4, -0.2) is 51.6 Å². The van der Waals surface area contributed by atoms with E-state index < -0.39 is 0 Å². The summed E-state index contributed by atoms with van der Waals surface area (Å²) in [4.78, 5) is 0. The summed E-state index contributed by atoms with van der Waals surface area (Å²) in [6.07, 6.45) is 3.54. The number of aromatic nitrogens is 4. The van der Waals surface area contributed by atoms with Gasteiger partial charge < -0.3 is 0 Å². The highest BCUT2D eigenvalue weighted by Gasteiger charge is 2.36. The molecule has 2 rings (SSSR count). The molecule has 0 fully saturated rings. The molecule has 0 atom stereocenters. The largest absolute Gasteiger partial charge is 0.241 e. The zero-order valence-electron chi connectivity index (χ0n) is 9.41. The fourth-order valence-electron chi connectivity index (χ4n) is 2.20. The molecular formula is C6H14B4N4. The fourth-order valence-corrected chi connectivity index (χ4v) is 2.20. The first-order chi connectivity index (χ1) is 6.43. The van der Waals surface area contributed by atoms with Crippen LogP contribution in [0.25, 0.3) is 0 Å². The van der Waals surface area contributed by atoms with E-state index in [1.807, 2.05) is 4.68 Å². The maximum Gasteiger partial charge on any atom is 0.140 e. The monoisotopic (exact) mass is 186 g/mol. The van der Waals surface area contributed by atoms with Crippen LogP contribution in [0.4, 0.5) is 0 Å². The van der Waals surface area contributed by atoms with E-state index in [4.69, 9.17) is 0 Å². The molecule has 70 valence electrons. The second-order valence-electron chi connectivity index (χ2n) is 5.46. The molecule has 14 heavy (non-hydrogen) atoms. The molecule has 0 N–H and O–H groups in total. The molecule has 1 aliphatic heterocycles. The van der Waals surface area contributed by atoms with Crippen LogP contribution in [0.5, 0.6) is 0 Å². The number of hydrogen-bond acceptors (Lipinski definition) is 3. The first-order valence-corrected chi connectivity index (χ1v) is 5.23. The molecule has 8 heteroatoms. The van der Waals surface area contributed by atoms with Crippen molar-refractivity contribution in [3.8, 4) is 0 Å². The van der Waals surface area contributed by atoms with E-state index >= 15 is 0 Å². The van der Waals surface area contributed by atoms with Crippen molar-refractivity contribution in [2.45, 2.75) is 29.8 Å². The predicted molar refractivity (Wildman–Crippen MR) is 65.5 cm³/mol. The van der Waals surface area contributed by atoms with Crippen LogP contribution in [0.2, 0.25) is 0 Å². The first-order valence-electron chi connectivity index (χ1n) is 5.23. The van der Waals surface area contributed by atoms with Gasteiger partial charge in [-0.15, -0.1) is 5.10 Å².